The first-order valence-electron chi connectivity index (χ1n) is 8.75. The standard InChI is InChI=1S/C17H23N5OS/c1-11(2)7-16-18-9-13(24-16)17(23)21-5-6-22-14(8-12-3-4-12)19-20-15(22)10-21/h9,11-12H,3-8,10H2,1-2H3. The molecular formula is C17H23N5OS. The molecular weight excluding hydrogens is 322 g/mol. The van der Waals surface area contributed by atoms with Gasteiger partial charge in [0.05, 0.1) is 17.7 Å². The van der Waals surface area contributed by atoms with Gasteiger partial charge >= 0.3 is 0 Å². The SMILES string of the molecule is CC(C)Cc1ncc(C(=O)N2CCn3c(CC4CC4)nnc3C2)s1. The number of amides is 1. The molecule has 128 valence electrons. The van der Waals surface area contributed by atoms with Gasteiger partial charge in [0.15, 0.2) is 5.82 Å². The second kappa shape index (κ2) is 6.27. The maximum Gasteiger partial charge on any atom is 0.266 e. The molecule has 7 heteroatoms. The number of aromatic nitrogens is 4. The minimum atomic E-state index is 0.0699. The number of hydrogen-bond donors (Lipinski definition) is 0. The summed E-state index contributed by atoms with van der Waals surface area (Å²) in [4.78, 5) is 19.7. The summed E-state index contributed by atoms with van der Waals surface area (Å²) in [5.74, 6) is 3.43. The Bertz CT molecular complexity index is 746. The lowest BCUT2D eigenvalue weighted by Gasteiger charge is -2.27. The maximum atomic E-state index is 12.7. The third kappa shape index (κ3) is 3.22. The molecule has 6 nitrogen and oxygen atoms in total. The lowest BCUT2D eigenvalue weighted by atomic mass is 10.1. The molecule has 0 aromatic carbocycles. The summed E-state index contributed by atoms with van der Waals surface area (Å²) in [5, 5.41) is 9.70. The Labute approximate surface area is 145 Å². The number of fused-ring (bicyclic) bond motifs is 1. The van der Waals surface area contributed by atoms with Crippen LogP contribution in [0.15, 0.2) is 6.20 Å². The molecule has 0 unspecified atom stereocenters. The summed E-state index contributed by atoms with van der Waals surface area (Å²) < 4.78 is 2.21. The molecule has 0 N–H and O–H groups in total. The average molecular weight is 345 g/mol. The van der Waals surface area contributed by atoms with Crippen LogP contribution in [-0.4, -0.2) is 37.1 Å². The van der Waals surface area contributed by atoms with Crippen LogP contribution in [0.5, 0.6) is 0 Å². The van der Waals surface area contributed by atoms with Crippen molar-refractivity contribution in [3.05, 3.63) is 27.7 Å². The smallest absolute Gasteiger partial charge is 0.266 e. The molecule has 1 fully saturated rings. The first-order valence-corrected chi connectivity index (χ1v) is 9.56. The van der Waals surface area contributed by atoms with Gasteiger partial charge in [-0.2, -0.15) is 0 Å². The average Bonchev–Trinajstić information content (AvgIpc) is 3.10. The molecule has 2 aliphatic rings. The number of rotatable bonds is 5. The van der Waals surface area contributed by atoms with E-state index in [4.69, 9.17) is 0 Å². The van der Waals surface area contributed by atoms with Gasteiger partial charge in [-0.1, -0.05) is 13.8 Å². The molecule has 0 radical (unpaired) electrons. The lowest BCUT2D eigenvalue weighted by Crippen LogP contribution is -2.38. The zero-order valence-electron chi connectivity index (χ0n) is 14.2. The Morgan fingerprint density at radius 1 is 1.33 bits per heavy atom. The van der Waals surface area contributed by atoms with E-state index in [0.717, 1.165) is 53.4 Å². The van der Waals surface area contributed by atoms with Crippen LogP contribution in [0, 0.1) is 11.8 Å². The maximum absolute atomic E-state index is 12.7. The van der Waals surface area contributed by atoms with Crippen molar-refractivity contribution in [3.8, 4) is 0 Å². The van der Waals surface area contributed by atoms with Crippen LogP contribution in [0.4, 0.5) is 0 Å². The van der Waals surface area contributed by atoms with Crippen molar-refractivity contribution < 1.29 is 4.79 Å². The van der Waals surface area contributed by atoms with Crippen LogP contribution in [0.2, 0.25) is 0 Å². The van der Waals surface area contributed by atoms with E-state index in [2.05, 4.69) is 33.6 Å². The highest BCUT2D eigenvalue weighted by molar-refractivity contribution is 7.13. The highest BCUT2D eigenvalue weighted by atomic mass is 32.1. The van der Waals surface area contributed by atoms with Crippen molar-refractivity contribution >= 4 is 17.2 Å². The Morgan fingerprint density at radius 3 is 2.92 bits per heavy atom. The molecule has 24 heavy (non-hydrogen) atoms. The van der Waals surface area contributed by atoms with Gasteiger partial charge in [-0.05, 0) is 24.7 Å². The van der Waals surface area contributed by atoms with Crippen molar-refractivity contribution in [2.45, 2.75) is 52.6 Å². The van der Waals surface area contributed by atoms with Crippen LogP contribution in [0.3, 0.4) is 0 Å². The predicted octanol–water partition coefficient (Wildman–Crippen LogP) is 2.54. The second-order valence-electron chi connectivity index (χ2n) is 7.27. The zero-order valence-corrected chi connectivity index (χ0v) is 15.1. The summed E-state index contributed by atoms with van der Waals surface area (Å²) in [5.41, 5.74) is 0. The number of thiazole rings is 1. The minimum absolute atomic E-state index is 0.0699. The molecule has 0 bridgehead atoms. The fraction of sp³-hybridized carbons (Fsp3) is 0.647. The Kier molecular flexibility index (Phi) is 4.12. The molecule has 1 aliphatic carbocycles. The van der Waals surface area contributed by atoms with Crippen LogP contribution in [0.1, 0.15) is 53.0 Å². The summed E-state index contributed by atoms with van der Waals surface area (Å²) in [6.07, 6.45) is 6.32. The Morgan fingerprint density at radius 2 is 2.17 bits per heavy atom. The molecule has 2 aromatic heterocycles. The monoisotopic (exact) mass is 345 g/mol. The van der Waals surface area contributed by atoms with E-state index in [-0.39, 0.29) is 5.91 Å². The van der Waals surface area contributed by atoms with Crippen molar-refractivity contribution in [2.75, 3.05) is 6.54 Å². The largest absolute Gasteiger partial charge is 0.329 e. The molecule has 1 amide bonds. The topological polar surface area (TPSA) is 63.9 Å². The molecule has 0 spiro atoms. The summed E-state index contributed by atoms with van der Waals surface area (Å²) in [7, 11) is 0. The van der Waals surface area contributed by atoms with Crippen LogP contribution in [0.25, 0.3) is 0 Å². The van der Waals surface area contributed by atoms with E-state index in [9.17, 15) is 4.79 Å². The van der Waals surface area contributed by atoms with Gasteiger partial charge in [0.2, 0.25) is 0 Å². The Hall–Kier alpha value is -1.76. The molecule has 1 aliphatic heterocycles. The van der Waals surface area contributed by atoms with Gasteiger partial charge in [-0.25, -0.2) is 4.98 Å². The molecule has 1 saturated carbocycles. The predicted molar refractivity (Wildman–Crippen MR) is 91.8 cm³/mol. The van der Waals surface area contributed by atoms with E-state index in [1.165, 1.54) is 24.2 Å². The quantitative estimate of drug-likeness (QED) is 0.835. The van der Waals surface area contributed by atoms with Gasteiger partial charge < -0.3 is 9.47 Å². The van der Waals surface area contributed by atoms with Crippen LogP contribution < -0.4 is 0 Å². The van der Waals surface area contributed by atoms with Gasteiger partial charge in [-0.15, -0.1) is 21.5 Å². The normalized spacial score (nSPS) is 17.4. The van der Waals surface area contributed by atoms with Gasteiger partial charge in [0.1, 0.15) is 10.7 Å². The summed E-state index contributed by atoms with van der Waals surface area (Å²) >= 11 is 1.52. The van der Waals surface area contributed by atoms with Gasteiger partial charge in [0.25, 0.3) is 5.91 Å². The van der Waals surface area contributed by atoms with Crippen molar-refractivity contribution in [1.29, 1.82) is 0 Å². The summed E-state index contributed by atoms with van der Waals surface area (Å²) in [6, 6.07) is 0. The fourth-order valence-electron chi connectivity index (χ4n) is 3.13. The van der Waals surface area contributed by atoms with Crippen molar-refractivity contribution in [2.24, 2.45) is 11.8 Å². The second-order valence-corrected chi connectivity index (χ2v) is 8.39. The first kappa shape index (κ1) is 15.7. The lowest BCUT2D eigenvalue weighted by molar-refractivity contribution is 0.0711. The third-order valence-electron chi connectivity index (χ3n) is 4.63. The van der Waals surface area contributed by atoms with E-state index in [1.807, 2.05) is 4.90 Å². The number of nitrogens with zero attached hydrogens (tertiary/aromatic N) is 5. The molecule has 0 saturated heterocycles. The van der Waals surface area contributed by atoms with E-state index in [1.54, 1.807) is 6.20 Å². The zero-order chi connectivity index (χ0) is 16.7. The van der Waals surface area contributed by atoms with Gasteiger partial charge in [0, 0.05) is 25.9 Å². The first-order chi connectivity index (χ1) is 11.6. The van der Waals surface area contributed by atoms with Crippen LogP contribution in [-0.2, 0) is 25.9 Å². The van der Waals surface area contributed by atoms with Crippen molar-refractivity contribution in [3.63, 3.8) is 0 Å². The molecule has 3 heterocycles. The van der Waals surface area contributed by atoms with Crippen molar-refractivity contribution in [1.82, 2.24) is 24.6 Å². The molecule has 4 rings (SSSR count). The minimum Gasteiger partial charge on any atom is -0.329 e. The van der Waals surface area contributed by atoms with E-state index in [0.29, 0.717) is 12.5 Å². The molecule has 0 atom stereocenters. The summed E-state index contributed by atoms with van der Waals surface area (Å²) in [6.45, 7) is 6.40. The number of hydrogen-bond acceptors (Lipinski definition) is 5. The molecule has 2 aromatic rings. The van der Waals surface area contributed by atoms with E-state index >= 15 is 0 Å². The van der Waals surface area contributed by atoms with Crippen LogP contribution >= 0.6 is 11.3 Å². The highest BCUT2D eigenvalue weighted by Crippen LogP contribution is 2.32. The number of carbonyl (C=O) groups is 1. The Balaban J connectivity index is 1.44. The van der Waals surface area contributed by atoms with Gasteiger partial charge in [-0.3, -0.25) is 4.79 Å². The number of carbonyl (C=O) groups excluding carboxylic acids is 1. The third-order valence-corrected chi connectivity index (χ3v) is 5.64. The van der Waals surface area contributed by atoms with E-state index < -0.39 is 0 Å². The fourth-order valence-corrected chi connectivity index (χ4v) is 4.23. The highest BCUT2D eigenvalue weighted by Gasteiger charge is 2.29.